The van der Waals surface area contributed by atoms with Gasteiger partial charge in [-0.1, -0.05) is 34.2 Å². The monoisotopic (exact) mass is 252 g/mol. The standard InChI is InChI=1S/C8H13IO/c1-6-4-7(9)10-8(2,3)5-6/h5,7H,4H2,1-3H3. The fourth-order valence-corrected chi connectivity index (χ4v) is 2.66. The highest BCUT2D eigenvalue weighted by Gasteiger charge is 2.24. The van der Waals surface area contributed by atoms with Crippen LogP contribution in [0.5, 0.6) is 0 Å². The summed E-state index contributed by atoms with van der Waals surface area (Å²) in [7, 11) is 0. The molecule has 1 nitrogen and oxygen atoms in total. The molecule has 0 aromatic carbocycles. The number of hydrogen-bond donors (Lipinski definition) is 0. The first-order valence-corrected chi connectivity index (χ1v) is 4.74. The Morgan fingerprint density at radius 3 is 2.70 bits per heavy atom. The molecule has 2 heteroatoms. The van der Waals surface area contributed by atoms with Crippen molar-refractivity contribution in [1.29, 1.82) is 0 Å². The van der Waals surface area contributed by atoms with Gasteiger partial charge in [0.15, 0.2) is 0 Å². The van der Waals surface area contributed by atoms with Crippen LogP contribution in [0.2, 0.25) is 0 Å². The van der Waals surface area contributed by atoms with Crippen LogP contribution in [0.15, 0.2) is 11.6 Å². The number of rotatable bonds is 0. The Hall–Kier alpha value is 0.430. The van der Waals surface area contributed by atoms with E-state index < -0.39 is 0 Å². The summed E-state index contributed by atoms with van der Waals surface area (Å²) in [5.74, 6) is 0. The minimum absolute atomic E-state index is 0.0474. The Kier molecular flexibility index (Phi) is 2.40. The van der Waals surface area contributed by atoms with E-state index in [1.54, 1.807) is 0 Å². The molecule has 1 heterocycles. The third-order valence-corrected chi connectivity index (χ3v) is 2.20. The maximum absolute atomic E-state index is 5.65. The van der Waals surface area contributed by atoms with Crippen LogP contribution in [0.4, 0.5) is 0 Å². The van der Waals surface area contributed by atoms with Crippen molar-refractivity contribution in [1.82, 2.24) is 0 Å². The van der Waals surface area contributed by atoms with Crippen LogP contribution in [-0.4, -0.2) is 9.71 Å². The quantitative estimate of drug-likeness (QED) is 0.366. The normalized spacial score (nSPS) is 31.6. The van der Waals surface area contributed by atoms with Crippen molar-refractivity contribution < 1.29 is 4.74 Å². The molecule has 1 rings (SSSR count). The fraction of sp³-hybridized carbons (Fsp3) is 0.750. The molecule has 1 aliphatic rings. The Bertz CT molecular complexity index is 161. The first-order valence-electron chi connectivity index (χ1n) is 3.50. The molecule has 1 atom stereocenters. The largest absolute Gasteiger partial charge is 0.358 e. The summed E-state index contributed by atoms with van der Waals surface area (Å²) < 4.78 is 6.01. The molecule has 0 amide bonds. The topological polar surface area (TPSA) is 9.23 Å². The number of hydrogen-bond acceptors (Lipinski definition) is 1. The second kappa shape index (κ2) is 2.81. The lowest BCUT2D eigenvalue weighted by atomic mass is 10.0. The van der Waals surface area contributed by atoms with E-state index in [2.05, 4.69) is 49.4 Å². The summed E-state index contributed by atoms with van der Waals surface area (Å²) >= 11 is 2.33. The highest BCUT2D eigenvalue weighted by atomic mass is 127. The SMILES string of the molecule is CC1=CC(C)(C)OC(I)C1. The predicted octanol–water partition coefficient (Wildman–Crippen LogP) is 2.89. The van der Waals surface area contributed by atoms with Crippen LogP contribution in [0.25, 0.3) is 0 Å². The highest BCUT2D eigenvalue weighted by Crippen LogP contribution is 2.29. The van der Waals surface area contributed by atoms with E-state index in [9.17, 15) is 0 Å². The van der Waals surface area contributed by atoms with E-state index in [1.165, 1.54) is 5.57 Å². The van der Waals surface area contributed by atoms with Gasteiger partial charge in [0.2, 0.25) is 0 Å². The van der Waals surface area contributed by atoms with Gasteiger partial charge in [-0.25, -0.2) is 0 Å². The molecule has 0 bridgehead atoms. The summed E-state index contributed by atoms with van der Waals surface area (Å²) in [5, 5.41) is 0. The Morgan fingerprint density at radius 1 is 1.70 bits per heavy atom. The minimum atomic E-state index is -0.0474. The van der Waals surface area contributed by atoms with E-state index in [1.807, 2.05) is 0 Å². The van der Waals surface area contributed by atoms with Gasteiger partial charge in [0.05, 0.1) is 5.60 Å². The van der Waals surface area contributed by atoms with E-state index in [0.29, 0.717) is 4.11 Å². The summed E-state index contributed by atoms with van der Waals surface area (Å²) in [4.78, 5) is 0. The molecular weight excluding hydrogens is 239 g/mol. The first-order chi connectivity index (χ1) is 4.49. The molecule has 0 aromatic heterocycles. The van der Waals surface area contributed by atoms with Crippen molar-refractivity contribution in [3.05, 3.63) is 11.6 Å². The van der Waals surface area contributed by atoms with Gasteiger partial charge in [-0.3, -0.25) is 0 Å². The zero-order chi connectivity index (χ0) is 7.78. The molecular formula is C8H13IO. The molecule has 0 spiro atoms. The maximum atomic E-state index is 5.65. The second-order valence-electron chi connectivity index (χ2n) is 3.33. The summed E-state index contributed by atoms with van der Waals surface area (Å²) in [6, 6.07) is 0. The smallest absolute Gasteiger partial charge is 0.113 e. The summed E-state index contributed by atoms with van der Waals surface area (Å²) in [6.07, 6.45) is 3.27. The van der Waals surface area contributed by atoms with Crippen LogP contribution in [0.3, 0.4) is 0 Å². The third kappa shape index (κ3) is 2.23. The van der Waals surface area contributed by atoms with E-state index in [0.717, 1.165) is 6.42 Å². The molecule has 0 saturated heterocycles. The van der Waals surface area contributed by atoms with Gasteiger partial charge >= 0.3 is 0 Å². The van der Waals surface area contributed by atoms with Crippen LogP contribution in [0.1, 0.15) is 27.2 Å². The average Bonchev–Trinajstić information content (AvgIpc) is 1.54. The average molecular weight is 252 g/mol. The molecule has 1 aliphatic heterocycles. The fourth-order valence-electron chi connectivity index (χ4n) is 1.31. The van der Waals surface area contributed by atoms with Gasteiger partial charge in [-0.15, -0.1) is 0 Å². The third-order valence-electron chi connectivity index (χ3n) is 1.51. The van der Waals surface area contributed by atoms with Gasteiger partial charge in [-0.2, -0.15) is 0 Å². The summed E-state index contributed by atoms with van der Waals surface area (Å²) in [5.41, 5.74) is 1.39. The van der Waals surface area contributed by atoms with E-state index >= 15 is 0 Å². The number of halogens is 1. The Morgan fingerprint density at radius 2 is 2.30 bits per heavy atom. The van der Waals surface area contributed by atoms with Gasteiger partial charge in [-0.05, 0) is 20.8 Å². The molecule has 0 saturated carbocycles. The van der Waals surface area contributed by atoms with Crippen LogP contribution >= 0.6 is 22.6 Å². The van der Waals surface area contributed by atoms with Crippen LogP contribution < -0.4 is 0 Å². The maximum Gasteiger partial charge on any atom is 0.113 e. The molecule has 1 unspecified atom stereocenters. The summed E-state index contributed by atoms with van der Waals surface area (Å²) in [6.45, 7) is 6.36. The molecule has 0 aliphatic carbocycles. The van der Waals surface area contributed by atoms with Gasteiger partial charge < -0.3 is 4.74 Å². The van der Waals surface area contributed by atoms with Crippen molar-refractivity contribution in [3.8, 4) is 0 Å². The molecule has 58 valence electrons. The van der Waals surface area contributed by atoms with Crippen molar-refractivity contribution in [2.24, 2.45) is 0 Å². The van der Waals surface area contributed by atoms with Gasteiger partial charge in [0.1, 0.15) is 4.11 Å². The lowest BCUT2D eigenvalue weighted by molar-refractivity contribution is 0.000882. The van der Waals surface area contributed by atoms with Crippen LogP contribution in [0, 0.1) is 0 Å². The van der Waals surface area contributed by atoms with E-state index in [-0.39, 0.29) is 5.60 Å². The minimum Gasteiger partial charge on any atom is -0.358 e. The number of ether oxygens (including phenoxy) is 1. The van der Waals surface area contributed by atoms with Gasteiger partial charge in [0, 0.05) is 6.42 Å². The number of alkyl halides is 1. The lowest BCUT2D eigenvalue weighted by Crippen LogP contribution is -2.29. The molecule has 0 fully saturated rings. The van der Waals surface area contributed by atoms with E-state index in [4.69, 9.17) is 4.74 Å². The van der Waals surface area contributed by atoms with Crippen LogP contribution in [-0.2, 0) is 4.74 Å². The molecule has 0 aromatic rings. The van der Waals surface area contributed by atoms with Crippen molar-refractivity contribution in [2.75, 3.05) is 0 Å². The van der Waals surface area contributed by atoms with Crippen molar-refractivity contribution in [3.63, 3.8) is 0 Å². The van der Waals surface area contributed by atoms with Crippen molar-refractivity contribution >= 4 is 22.6 Å². The first kappa shape index (κ1) is 8.53. The molecule has 10 heavy (non-hydrogen) atoms. The Balaban J connectivity index is 2.74. The van der Waals surface area contributed by atoms with Gasteiger partial charge in [0.25, 0.3) is 0 Å². The second-order valence-corrected chi connectivity index (χ2v) is 4.72. The zero-order valence-corrected chi connectivity index (χ0v) is 8.81. The zero-order valence-electron chi connectivity index (χ0n) is 6.65. The lowest BCUT2D eigenvalue weighted by Gasteiger charge is -2.30. The van der Waals surface area contributed by atoms with Crippen molar-refractivity contribution in [2.45, 2.75) is 36.9 Å². The predicted molar refractivity (Wildman–Crippen MR) is 51.3 cm³/mol. The highest BCUT2D eigenvalue weighted by molar-refractivity contribution is 14.1. The molecule has 0 N–H and O–H groups in total. The Labute approximate surface area is 76.0 Å². The molecule has 0 radical (unpaired) electrons.